The van der Waals surface area contributed by atoms with Crippen LogP contribution in [0.25, 0.3) is 0 Å². The van der Waals surface area contributed by atoms with Crippen molar-refractivity contribution in [2.45, 2.75) is 17.2 Å². The van der Waals surface area contributed by atoms with Crippen molar-refractivity contribution in [3.05, 3.63) is 48.0 Å². The van der Waals surface area contributed by atoms with Crippen molar-refractivity contribution in [3.63, 3.8) is 0 Å². The molecular weight excluding hydrogens is 284 g/mol. The lowest BCUT2D eigenvalue weighted by Crippen LogP contribution is -2.01. The van der Waals surface area contributed by atoms with Crippen molar-refractivity contribution in [1.82, 2.24) is 0 Å². The number of halogens is 2. The van der Waals surface area contributed by atoms with Gasteiger partial charge in [0.1, 0.15) is 0 Å². The topological polar surface area (TPSA) is 52.5 Å². The quantitative estimate of drug-likeness (QED) is 0.576. The van der Waals surface area contributed by atoms with Gasteiger partial charge in [0.15, 0.2) is 11.5 Å². The molecule has 106 valence electrons. The fourth-order valence-electron chi connectivity index (χ4n) is 1.69. The molecule has 0 fully saturated rings. The van der Waals surface area contributed by atoms with E-state index in [9.17, 15) is 19.0 Å². The molecule has 0 amide bonds. The zero-order valence-electron chi connectivity index (χ0n) is 10.4. The minimum atomic E-state index is -2.48. The molecule has 0 unspecified atom stereocenters. The number of phenols is 2. The van der Waals surface area contributed by atoms with Gasteiger partial charge in [-0.15, -0.1) is 0 Å². The van der Waals surface area contributed by atoms with E-state index >= 15 is 0 Å². The largest absolute Gasteiger partial charge is 0.504 e. The summed E-state index contributed by atoms with van der Waals surface area (Å²) < 4.78 is 24.9. The van der Waals surface area contributed by atoms with Crippen LogP contribution in [0.15, 0.2) is 47.4 Å². The Morgan fingerprint density at radius 1 is 1.05 bits per heavy atom. The van der Waals surface area contributed by atoms with Crippen molar-refractivity contribution < 1.29 is 19.0 Å². The SMILES string of the molecule is Oc1ccc(CNc2ccccc2SC(F)F)cc1O. The van der Waals surface area contributed by atoms with Crippen LogP contribution in [0.4, 0.5) is 14.5 Å². The van der Waals surface area contributed by atoms with Crippen LogP contribution in [0.5, 0.6) is 11.5 Å². The van der Waals surface area contributed by atoms with Crippen molar-refractivity contribution in [1.29, 1.82) is 0 Å². The second kappa shape index (κ2) is 6.47. The Kier molecular flexibility index (Phi) is 4.68. The summed E-state index contributed by atoms with van der Waals surface area (Å²) in [6, 6.07) is 11.2. The van der Waals surface area contributed by atoms with Crippen LogP contribution in [-0.4, -0.2) is 16.0 Å². The molecule has 0 aliphatic carbocycles. The zero-order chi connectivity index (χ0) is 14.5. The van der Waals surface area contributed by atoms with Crippen LogP contribution in [-0.2, 0) is 6.54 Å². The Labute approximate surface area is 119 Å². The Morgan fingerprint density at radius 3 is 2.50 bits per heavy atom. The predicted octanol–water partition coefficient (Wildman–Crippen LogP) is 4.02. The van der Waals surface area contributed by atoms with Gasteiger partial charge in [0.25, 0.3) is 5.76 Å². The van der Waals surface area contributed by atoms with Gasteiger partial charge in [-0.2, -0.15) is 8.78 Å². The molecule has 20 heavy (non-hydrogen) atoms. The highest BCUT2D eigenvalue weighted by atomic mass is 32.2. The average molecular weight is 297 g/mol. The minimum Gasteiger partial charge on any atom is -0.504 e. The minimum absolute atomic E-state index is 0.192. The number of aromatic hydroxyl groups is 2. The number of anilines is 1. The van der Waals surface area contributed by atoms with E-state index < -0.39 is 5.76 Å². The number of hydrogen-bond donors (Lipinski definition) is 3. The Hall–Kier alpha value is -1.95. The Morgan fingerprint density at radius 2 is 1.80 bits per heavy atom. The number of phenolic OH excluding ortho intramolecular Hbond substituents is 2. The first-order valence-electron chi connectivity index (χ1n) is 5.85. The lowest BCUT2D eigenvalue weighted by Gasteiger charge is -2.11. The van der Waals surface area contributed by atoms with Gasteiger partial charge in [-0.3, -0.25) is 0 Å². The summed E-state index contributed by atoms with van der Waals surface area (Å²) in [6.45, 7) is 0.356. The molecule has 0 saturated carbocycles. The molecule has 2 rings (SSSR count). The first kappa shape index (κ1) is 14.5. The monoisotopic (exact) mass is 297 g/mol. The van der Waals surface area contributed by atoms with Gasteiger partial charge in [-0.1, -0.05) is 30.0 Å². The molecule has 0 aliphatic heterocycles. The molecule has 0 radical (unpaired) electrons. The van der Waals surface area contributed by atoms with E-state index in [0.717, 1.165) is 5.56 Å². The molecule has 0 atom stereocenters. The molecule has 2 aromatic carbocycles. The first-order valence-corrected chi connectivity index (χ1v) is 6.73. The van der Waals surface area contributed by atoms with Gasteiger partial charge in [0.2, 0.25) is 0 Å². The molecule has 2 aromatic rings. The lowest BCUT2D eigenvalue weighted by molar-refractivity contribution is 0.252. The van der Waals surface area contributed by atoms with Gasteiger partial charge in [-0.25, -0.2) is 0 Å². The second-order valence-electron chi connectivity index (χ2n) is 4.05. The third-order valence-corrected chi connectivity index (χ3v) is 3.41. The second-order valence-corrected chi connectivity index (χ2v) is 5.08. The zero-order valence-corrected chi connectivity index (χ0v) is 11.2. The highest BCUT2D eigenvalue weighted by molar-refractivity contribution is 7.99. The van der Waals surface area contributed by atoms with Crippen LogP contribution in [0, 0.1) is 0 Å². The number of thioether (sulfide) groups is 1. The van der Waals surface area contributed by atoms with E-state index in [2.05, 4.69) is 5.32 Å². The van der Waals surface area contributed by atoms with Crippen molar-refractivity contribution in [2.75, 3.05) is 5.32 Å². The van der Waals surface area contributed by atoms with E-state index in [1.807, 2.05) is 0 Å². The summed E-state index contributed by atoms with van der Waals surface area (Å²) in [7, 11) is 0. The van der Waals surface area contributed by atoms with Crippen LogP contribution in [0.2, 0.25) is 0 Å². The molecule has 0 saturated heterocycles. The Bertz CT molecular complexity index is 593. The van der Waals surface area contributed by atoms with Gasteiger partial charge >= 0.3 is 0 Å². The molecule has 0 heterocycles. The maximum atomic E-state index is 12.4. The number of benzene rings is 2. The number of rotatable bonds is 5. The molecule has 0 spiro atoms. The summed E-state index contributed by atoms with van der Waals surface area (Å²) in [4.78, 5) is 0.463. The van der Waals surface area contributed by atoms with Gasteiger partial charge < -0.3 is 15.5 Å². The molecule has 3 N–H and O–H groups in total. The molecule has 0 aliphatic rings. The lowest BCUT2D eigenvalue weighted by atomic mass is 10.2. The highest BCUT2D eigenvalue weighted by Crippen LogP contribution is 2.32. The fourth-order valence-corrected chi connectivity index (χ4v) is 2.30. The Balaban J connectivity index is 2.08. The van der Waals surface area contributed by atoms with Crippen molar-refractivity contribution >= 4 is 17.4 Å². The summed E-state index contributed by atoms with van der Waals surface area (Å²) in [5.41, 5.74) is 1.34. The summed E-state index contributed by atoms with van der Waals surface area (Å²) in [5, 5.41) is 21.6. The van der Waals surface area contributed by atoms with Gasteiger partial charge in [0, 0.05) is 17.1 Å². The average Bonchev–Trinajstić information content (AvgIpc) is 2.41. The molecule has 6 heteroatoms. The van der Waals surface area contributed by atoms with Crippen molar-refractivity contribution in [3.8, 4) is 11.5 Å². The number of hydrogen-bond acceptors (Lipinski definition) is 4. The number of alkyl halides is 2. The summed E-state index contributed by atoms with van der Waals surface area (Å²) in [5.74, 6) is -2.88. The molecular formula is C14H13F2NO2S. The van der Waals surface area contributed by atoms with Gasteiger partial charge in [-0.05, 0) is 29.8 Å². The standard InChI is InChI=1S/C14H13F2NO2S/c15-14(16)20-13-4-2-1-3-10(13)17-8-9-5-6-11(18)12(19)7-9/h1-7,14,17-19H,8H2. The van der Waals surface area contributed by atoms with Crippen molar-refractivity contribution in [2.24, 2.45) is 0 Å². The van der Waals surface area contributed by atoms with E-state index in [1.54, 1.807) is 30.3 Å². The maximum Gasteiger partial charge on any atom is 0.288 e. The predicted molar refractivity (Wildman–Crippen MR) is 75.4 cm³/mol. The molecule has 3 nitrogen and oxygen atoms in total. The summed E-state index contributed by atoms with van der Waals surface area (Å²) >= 11 is 0.481. The van der Waals surface area contributed by atoms with E-state index in [1.165, 1.54) is 12.1 Å². The van der Waals surface area contributed by atoms with E-state index in [0.29, 0.717) is 28.9 Å². The smallest absolute Gasteiger partial charge is 0.288 e. The van der Waals surface area contributed by atoms with E-state index in [4.69, 9.17) is 0 Å². The third kappa shape index (κ3) is 3.77. The number of nitrogens with one attached hydrogen (secondary N) is 1. The van der Waals surface area contributed by atoms with Crippen LogP contribution in [0.1, 0.15) is 5.56 Å². The molecule has 0 aromatic heterocycles. The maximum absolute atomic E-state index is 12.4. The highest BCUT2D eigenvalue weighted by Gasteiger charge is 2.09. The normalized spacial score (nSPS) is 10.8. The van der Waals surface area contributed by atoms with Crippen LogP contribution >= 0.6 is 11.8 Å². The molecule has 0 bridgehead atoms. The van der Waals surface area contributed by atoms with Crippen LogP contribution < -0.4 is 5.32 Å². The third-order valence-electron chi connectivity index (χ3n) is 2.63. The van der Waals surface area contributed by atoms with E-state index in [-0.39, 0.29) is 11.5 Å². The fraction of sp³-hybridized carbons (Fsp3) is 0.143. The van der Waals surface area contributed by atoms with Crippen LogP contribution in [0.3, 0.4) is 0 Å². The van der Waals surface area contributed by atoms with Gasteiger partial charge in [0.05, 0.1) is 0 Å². The first-order chi connectivity index (χ1) is 9.56. The number of para-hydroxylation sites is 1. The summed E-state index contributed by atoms with van der Waals surface area (Å²) in [6.07, 6.45) is 0.